The number of ketones is 2. The van der Waals surface area contributed by atoms with E-state index in [2.05, 4.69) is 20.8 Å². The molecule has 3 rings (SSSR count). The maximum Gasteiger partial charge on any atom is 0.185 e. The lowest BCUT2D eigenvalue weighted by Gasteiger charge is -2.56. The summed E-state index contributed by atoms with van der Waals surface area (Å²) in [4.78, 5) is 25.8. The van der Waals surface area contributed by atoms with E-state index in [1.165, 1.54) is 0 Å². The number of fused-ring (bicyclic) bond motifs is 2. The summed E-state index contributed by atoms with van der Waals surface area (Å²) in [7, 11) is 0. The van der Waals surface area contributed by atoms with Crippen molar-refractivity contribution in [2.24, 2.45) is 22.7 Å². The Hall–Kier alpha value is -1.22. The Balaban J connectivity index is 2.12. The van der Waals surface area contributed by atoms with Crippen molar-refractivity contribution >= 4 is 11.6 Å². The van der Waals surface area contributed by atoms with Gasteiger partial charge in [0.05, 0.1) is 6.10 Å². The van der Waals surface area contributed by atoms with Gasteiger partial charge in [-0.3, -0.25) is 9.59 Å². The van der Waals surface area contributed by atoms with Crippen LogP contribution in [0.25, 0.3) is 0 Å². The molecule has 1 saturated carbocycles. The number of hydrogen-bond donors (Lipinski definition) is 1. The van der Waals surface area contributed by atoms with Crippen LogP contribution < -0.4 is 0 Å². The van der Waals surface area contributed by atoms with E-state index in [0.29, 0.717) is 29.9 Å². The monoisotopic (exact) mass is 316 g/mol. The van der Waals surface area contributed by atoms with Crippen LogP contribution in [0.1, 0.15) is 60.3 Å². The van der Waals surface area contributed by atoms with Crippen LogP contribution in [-0.2, 0) is 9.59 Å². The molecule has 23 heavy (non-hydrogen) atoms. The molecule has 0 aliphatic heterocycles. The van der Waals surface area contributed by atoms with Gasteiger partial charge in [-0.25, -0.2) is 0 Å². The molecular weight excluding hydrogens is 288 g/mol. The Kier molecular flexibility index (Phi) is 3.72. The SMILES string of the molecule is CC(C)C1=CC(=O)C2=C(CCC3C(C)(C)CC(O)CC23C)C1=O. The molecule has 0 aromatic heterocycles. The van der Waals surface area contributed by atoms with Gasteiger partial charge in [0.15, 0.2) is 11.6 Å². The molecule has 3 heteroatoms. The molecule has 0 radical (unpaired) electrons. The first-order valence-corrected chi connectivity index (χ1v) is 8.80. The number of aliphatic hydroxyl groups is 1. The van der Waals surface area contributed by atoms with E-state index in [9.17, 15) is 14.7 Å². The third-order valence-corrected chi connectivity index (χ3v) is 6.38. The van der Waals surface area contributed by atoms with Crippen LogP contribution in [0.15, 0.2) is 22.8 Å². The van der Waals surface area contributed by atoms with E-state index >= 15 is 0 Å². The van der Waals surface area contributed by atoms with Crippen molar-refractivity contribution in [3.8, 4) is 0 Å². The van der Waals surface area contributed by atoms with Gasteiger partial charge in [0.25, 0.3) is 0 Å². The number of allylic oxidation sites excluding steroid dienone is 4. The Morgan fingerprint density at radius 1 is 1.17 bits per heavy atom. The molecule has 0 aromatic carbocycles. The summed E-state index contributed by atoms with van der Waals surface area (Å²) in [5, 5.41) is 10.4. The molecular formula is C20H28O3. The minimum Gasteiger partial charge on any atom is -0.393 e. The molecule has 0 heterocycles. The highest BCUT2D eigenvalue weighted by Gasteiger charge is 2.55. The van der Waals surface area contributed by atoms with E-state index in [0.717, 1.165) is 18.4 Å². The van der Waals surface area contributed by atoms with Crippen LogP contribution in [0.4, 0.5) is 0 Å². The van der Waals surface area contributed by atoms with Crippen LogP contribution in [0.5, 0.6) is 0 Å². The highest BCUT2D eigenvalue weighted by Crippen LogP contribution is 2.60. The molecule has 3 atom stereocenters. The number of aliphatic hydroxyl groups excluding tert-OH is 1. The predicted octanol–water partition coefficient (Wildman–Crippen LogP) is 3.61. The van der Waals surface area contributed by atoms with Gasteiger partial charge in [-0.15, -0.1) is 0 Å². The predicted molar refractivity (Wildman–Crippen MR) is 89.8 cm³/mol. The second kappa shape index (κ2) is 5.14. The van der Waals surface area contributed by atoms with Gasteiger partial charge in [-0.05, 0) is 49.0 Å². The van der Waals surface area contributed by atoms with E-state index in [4.69, 9.17) is 0 Å². The van der Waals surface area contributed by atoms with E-state index < -0.39 is 6.10 Å². The van der Waals surface area contributed by atoms with Crippen molar-refractivity contribution in [2.75, 3.05) is 0 Å². The first kappa shape index (κ1) is 16.6. The molecule has 0 bridgehead atoms. The van der Waals surface area contributed by atoms with E-state index in [-0.39, 0.29) is 28.3 Å². The van der Waals surface area contributed by atoms with Gasteiger partial charge in [0.1, 0.15) is 0 Å². The summed E-state index contributed by atoms with van der Waals surface area (Å²) in [6, 6.07) is 0. The Morgan fingerprint density at radius 2 is 1.83 bits per heavy atom. The number of rotatable bonds is 1. The van der Waals surface area contributed by atoms with Crippen molar-refractivity contribution < 1.29 is 14.7 Å². The molecule has 0 spiro atoms. The second-order valence-corrected chi connectivity index (χ2v) is 8.86. The van der Waals surface area contributed by atoms with Crippen LogP contribution >= 0.6 is 0 Å². The zero-order chi connectivity index (χ0) is 17.2. The Bertz CT molecular complexity index is 635. The maximum atomic E-state index is 12.9. The fraction of sp³-hybridized carbons (Fsp3) is 0.700. The molecule has 3 nitrogen and oxygen atoms in total. The third-order valence-electron chi connectivity index (χ3n) is 6.38. The third kappa shape index (κ3) is 2.36. The summed E-state index contributed by atoms with van der Waals surface area (Å²) in [6.45, 7) is 10.4. The normalized spacial score (nSPS) is 36.7. The number of Topliss-reactive ketones (excluding diaryl/α,β-unsaturated/α-hetero) is 1. The minimum absolute atomic E-state index is 0.000370. The standard InChI is InChI=1S/C20H28O3/c1-11(2)14-8-15(22)17-13(18(14)23)6-7-16-19(3,4)9-12(21)10-20(16,17)5/h8,11-12,16,21H,6-7,9-10H2,1-5H3. The van der Waals surface area contributed by atoms with Crippen molar-refractivity contribution in [2.45, 2.75) is 66.4 Å². The molecule has 3 unspecified atom stereocenters. The summed E-state index contributed by atoms with van der Waals surface area (Å²) in [5.74, 6) is 0.467. The van der Waals surface area contributed by atoms with Gasteiger partial charge in [-0.1, -0.05) is 34.6 Å². The van der Waals surface area contributed by atoms with Crippen LogP contribution in [0.2, 0.25) is 0 Å². The van der Waals surface area contributed by atoms with Crippen LogP contribution in [0.3, 0.4) is 0 Å². The lowest BCUT2D eigenvalue weighted by Crippen LogP contribution is -2.52. The van der Waals surface area contributed by atoms with E-state index in [1.54, 1.807) is 6.08 Å². The fourth-order valence-electron chi connectivity index (χ4n) is 5.60. The molecule has 0 amide bonds. The molecule has 3 aliphatic rings. The lowest BCUT2D eigenvalue weighted by atomic mass is 9.48. The van der Waals surface area contributed by atoms with Gasteiger partial charge < -0.3 is 5.11 Å². The molecule has 3 aliphatic carbocycles. The highest BCUT2D eigenvalue weighted by atomic mass is 16.3. The average molecular weight is 316 g/mol. The van der Waals surface area contributed by atoms with Gasteiger partial charge in [0, 0.05) is 22.1 Å². The van der Waals surface area contributed by atoms with Crippen molar-refractivity contribution in [1.29, 1.82) is 0 Å². The topological polar surface area (TPSA) is 54.4 Å². The largest absolute Gasteiger partial charge is 0.393 e. The minimum atomic E-state index is -0.406. The smallest absolute Gasteiger partial charge is 0.185 e. The van der Waals surface area contributed by atoms with Gasteiger partial charge in [0.2, 0.25) is 0 Å². The van der Waals surface area contributed by atoms with Gasteiger partial charge >= 0.3 is 0 Å². The van der Waals surface area contributed by atoms with Crippen molar-refractivity contribution in [3.05, 3.63) is 22.8 Å². The molecule has 0 aromatic rings. The Morgan fingerprint density at radius 3 is 2.43 bits per heavy atom. The number of hydrogen-bond acceptors (Lipinski definition) is 3. The maximum absolute atomic E-state index is 12.9. The van der Waals surface area contributed by atoms with Crippen molar-refractivity contribution in [1.82, 2.24) is 0 Å². The average Bonchev–Trinajstić information content (AvgIpc) is 2.39. The first-order valence-electron chi connectivity index (χ1n) is 8.80. The molecule has 126 valence electrons. The second-order valence-electron chi connectivity index (χ2n) is 8.86. The quantitative estimate of drug-likeness (QED) is 0.752. The lowest BCUT2D eigenvalue weighted by molar-refractivity contribution is -0.121. The summed E-state index contributed by atoms with van der Waals surface area (Å²) in [6.07, 6.45) is 4.14. The molecule has 1 N–H and O–H groups in total. The van der Waals surface area contributed by atoms with Gasteiger partial charge in [-0.2, -0.15) is 0 Å². The van der Waals surface area contributed by atoms with Crippen LogP contribution in [-0.4, -0.2) is 22.8 Å². The van der Waals surface area contributed by atoms with E-state index in [1.807, 2.05) is 13.8 Å². The first-order chi connectivity index (χ1) is 10.6. The summed E-state index contributed by atoms with van der Waals surface area (Å²) < 4.78 is 0. The summed E-state index contributed by atoms with van der Waals surface area (Å²) >= 11 is 0. The fourth-order valence-corrected chi connectivity index (χ4v) is 5.60. The van der Waals surface area contributed by atoms with Crippen molar-refractivity contribution in [3.63, 3.8) is 0 Å². The molecule has 0 saturated heterocycles. The zero-order valence-electron chi connectivity index (χ0n) is 14.9. The number of carbonyl (C=O) groups is 2. The number of carbonyl (C=O) groups excluding carboxylic acids is 2. The van der Waals surface area contributed by atoms with Crippen LogP contribution in [0, 0.1) is 22.7 Å². The molecule has 1 fully saturated rings. The zero-order valence-corrected chi connectivity index (χ0v) is 14.9. The highest BCUT2D eigenvalue weighted by molar-refractivity contribution is 6.23. The summed E-state index contributed by atoms with van der Waals surface area (Å²) in [5.41, 5.74) is 1.67. The Labute approximate surface area is 138 Å².